The van der Waals surface area contributed by atoms with Crippen molar-refractivity contribution in [2.45, 2.75) is 45.4 Å². The number of hydrogen-bond acceptors (Lipinski definition) is 2. The highest BCUT2D eigenvalue weighted by Crippen LogP contribution is 2.46. The minimum absolute atomic E-state index is 0.0950. The van der Waals surface area contributed by atoms with Gasteiger partial charge in [0.15, 0.2) is 0 Å². The first-order chi connectivity index (χ1) is 7.96. The van der Waals surface area contributed by atoms with Gasteiger partial charge in [-0.15, -0.1) is 0 Å². The third-order valence-corrected chi connectivity index (χ3v) is 4.04. The average molecular weight is 240 g/mol. The van der Waals surface area contributed by atoms with Gasteiger partial charge in [0, 0.05) is 5.57 Å². The fourth-order valence-corrected chi connectivity index (χ4v) is 2.99. The highest BCUT2D eigenvalue weighted by atomic mass is 16.4. The molecule has 1 aliphatic rings. The summed E-state index contributed by atoms with van der Waals surface area (Å²) in [6, 6.07) is 0. The van der Waals surface area contributed by atoms with Gasteiger partial charge in [-0.2, -0.15) is 0 Å². The zero-order valence-corrected chi connectivity index (χ0v) is 10.2. The quantitative estimate of drug-likeness (QED) is 0.724. The maximum absolute atomic E-state index is 11.6. The van der Waals surface area contributed by atoms with E-state index in [-0.39, 0.29) is 17.9 Å². The minimum atomic E-state index is -1.29. The molecule has 4 heteroatoms. The lowest BCUT2D eigenvalue weighted by molar-refractivity contribution is -0.154. The van der Waals surface area contributed by atoms with Gasteiger partial charge in [0.25, 0.3) is 0 Å². The highest BCUT2D eigenvalue weighted by Gasteiger charge is 2.49. The fourth-order valence-electron chi connectivity index (χ4n) is 2.99. The Morgan fingerprint density at radius 3 is 2.12 bits per heavy atom. The molecule has 0 spiro atoms. The van der Waals surface area contributed by atoms with Gasteiger partial charge in [0.1, 0.15) is 5.41 Å². The second kappa shape index (κ2) is 5.34. The molecule has 1 rings (SSSR count). The molecule has 1 atom stereocenters. The van der Waals surface area contributed by atoms with Crippen LogP contribution in [0.25, 0.3) is 0 Å². The van der Waals surface area contributed by atoms with Crippen LogP contribution in [0.3, 0.4) is 0 Å². The number of carbonyl (C=O) groups is 2. The van der Waals surface area contributed by atoms with Crippen molar-refractivity contribution in [2.24, 2.45) is 11.3 Å². The molecule has 0 heterocycles. The molecule has 1 fully saturated rings. The monoisotopic (exact) mass is 240 g/mol. The first kappa shape index (κ1) is 13.7. The molecular formula is C13H20O4. The molecule has 0 radical (unpaired) electrons. The maximum atomic E-state index is 11.6. The smallest absolute Gasteiger partial charge is 0.332 e. The zero-order chi connectivity index (χ0) is 13.1. The predicted octanol–water partition coefficient (Wildman–Crippen LogP) is 2.69. The van der Waals surface area contributed by atoms with Gasteiger partial charge in [-0.1, -0.05) is 32.8 Å². The minimum Gasteiger partial charge on any atom is -0.481 e. The summed E-state index contributed by atoms with van der Waals surface area (Å²) in [5.41, 5.74) is -1.45. The van der Waals surface area contributed by atoms with Crippen molar-refractivity contribution in [3.05, 3.63) is 12.2 Å². The molecule has 2 N–H and O–H groups in total. The zero-order valence-electron chi connectivity index (χ0n) is 10.2. The second-order valence-electron chi connectivity index (χ2n) is 4.75. The standard InChI is InChI=1S/C13H20O4/c1-3-13(12(16)17,9(2)11(14)15)10-7-5-4-6-8-10/h10H,2-8H2,1H3,(H,14,15)(H,16,17). The first-order valence-electron chi connectivity index (χ1n) is 6.12. The molecule has 0 aromatic heterocycles. The van der Waals surface area contributed by atoms with Crippen LogP contribution in [0.2, 0.25) is 0 Å². The van der Waals surface area contributed by atoms with Gasteiger partial charge in [-0.05, 0) is 25.2 Å². The normalized spacial score (nSPS) is 20.5. The van der Waals surface area contributed by atoms with Crippen molar-refractivity contribution >= 4 is 11.9 Å². The van der Waals surface area contributed by atoms with E-state index < -0.39 is 17.4 Å². The maximum Gasteiger partial charge on any atom is 0.332 e. The van der Waals surface area contributed by atoms with E-state index in [1.165, 1.54) is 0 Å². The Balaban J connectivity index is 3.11. The lowest BCUT2D eigenvalue weighted by Crippen LogP contribution is -2.43. The van der Waals surface area contributed by atoms with E-state index in [9.17, 15) is 14.7 Å². The van der Waals surface area contributed by atoms with Crippen molar-refractivity contribution in [1.29, 1.82) is 0 Å². The van der Waals surface area contributed by atoms with Crippen molar-refractivity contribution < 1.29 is 19.8 Å². The third-order valence-electron chi connectivity index (χ3n) is 4.04. The molecule has 1 aliphatic carbocycles. The van der Waals surface area contributed by atoms with Crippen molar-refractivity contribution in [3.8, 4) is 0 Å². The molecule has 4 nitrogen and oxygen atoms in total. The summed E-state index contributed by atoms with van der Waals surface area (Å²) in [6.45, 7) is 5.25. The number of hydrogen-bond donors (Lipinski definition) is 2. The Bertz CT molecular complexity index is 328. The van der Waals surface area contributed by atoms with Crippen molar-refractivity contribution in [3.63, 3.8) is 0 Å². The second-order valence-corrected chi connectivity index (χ2v) is 4.75. The van der Waals surface area contributed by atoms with Crippen molar-refractivity contribution in [2.75, 3.05) is 0 Å². The van der Waals surface area contributed by atoms with Crippen molar-refractivity contribution in [1.82, 2.24) is 0 Å². The van der Waals surface area contributed by atoms with E-state index in [2.05, 4.69) is 6.58 Å². The molecule has 96 valence electrons. The lowest BCUT2D eigenvalue weighted by atomic mass is 9.63. The number of carboxylic acids is 2. The summed E-state index contributed by atoms with van der Waals surface area (Å²) in [7, 11) is 0. The number of aliphatic carboxylic acids is 2. The summed E-state index contributed by atoms with van der Waals surface area (Å²) >= 11 is 0. The van der Waals surface area contributed by atoms with E-state index in [0.29, 0.717) is 0 Å². The van der Waals surface area contributed by atoms with E-state index in [1.54, 1.807) is 6.92 Å². The molecule has 0 aromatic carbocycles. The molecule has 17 heavy (non-hydrogen) atoms. The summed E-state index contributed by atoms with van der Waals surface area (Å²) in [4.78, 5) is 22.7. The van der Waals surface area contributed by atoms with Crippen LogP contribution in [0.1, 0.15) is 45.4 Å². The van der Waals surface area contributed by atoms with Crippen LogP contribution in [-0.4, -0.2) is 22.2 Å². The van der Waals surface area contributed by atoms with E-state index in [4.69, 9.17) is 5.11 Å². The summed E-state index contributed by atoms with van der Waals surface area (Å²) < 4.78 is 0. The Hall–Kier alpha value is -1.32. The molecule has 0 aromatic rings. The Kier molecular flexibility index (Phi) is 4.32. The Morgan fingerprint density at radius 2 is 1.76 bits per heavy atom. The van der Waals surface area contributed by atoms with E-state index in [1.807, 2.05) is 0 Å². The van der Waals surface area contributed by atoms with Gasteiger partial charge in [0.2, 0.25) is 0 Å². The molecule has 1 unspecified atom stereocenters. The third kappa shape index (κ3) is 2.35. The van der Waals surface area contributed by atoms with Gasteiger partial charge >= 0.3 is 11.9 Å². The Labute approximate surface area is 101 Å². The van der Waals surface area contributed by atoms with Crippen LogP contribution >= 0.6 is 0 Å². The van der Waals surface area contributed by atoms with Crippen LogP contribution in [-0.2, 0) is 9.59 Å². The number of rotatable bonds is 5. The molecular weight excluding hydrogens is 220 g/mol. The van der Waals surface area contributed by atoms with E-state index in [0.717, 1.165) is 32.1 Å². The predicted molar refractivity (Wildman–Crippen MR) is 63.7 cm³/mol. The molecule has 0 bridgehead atoms. The van der Waals surface area contributed by atoms with Crippen LogP contribution in [0.4, 0.5) is 0 Å². The summed E-state index contributed by atoms with van der Waals surface area (Å²) in [6.07, 6.45) is 4.92. The SMILES string of the molecule is C=C(C(=O)O)C(CC)(C(=O)O)C1CCCCC1. The van der Waals surface area contributed by atoms with Gasteiger partial charge < -0.3 is 10.2 Å². The van der Waals surface area contributed by atoms with Gasteiger partial charge in [-0.3, -0.25) is 4.79 Å². The van der Waals surface area contributed by atoms with Crippen LogP contribution in [0.5, 0.6) is 0 Å². The molecule has 0 aliphatic heterocycles. The van der Waals surface area contributed by atoms with Crippen LogP contribution in [0.15, 0.2) is 12.2 Å². The number of carboxylic acid groups (broad SMARTS) is 2. The van der Waals surface area contributed by atoms with Gasteiger partial charge in [0.05, 0.1) is 0 Å². The topological polar surface area (TPSA) is 74.6 Å². The van der Waals surface area contributed by atoms with E-state index >= 15 is 0 Å². The van der Waals surface area contributed by atoms with Crippen LogP contribution < -0.4 is 0 Å². The van der Waals surface area contributed by atoms with Gasteiger partial charge in [-0.25, -0.2) is 4.79 Å². The summed E-state index contributed by atoms with van der Waals surface area (Å²) in [5, 5.41) is 18.5. The Morgan fingerprint density at radius 1 is 1.24 bits per heavy atom. The van der Waals surface area contributed by atoms with Crippen LogP contribution in [0, 0.1) is 11.3 Å². The highest BCUT2D eigenvalue weighted by molar-refractivity contribution is 5.96. The first-order valence-corrected chi connectivity index (χ1v) is 6.12. The molecule has 0 amide bonds. The average Bonchev–Trinajstić information content (AvgIpc) is 2.31. The molecule has 1 saturated carbocycles. The molecule has 0 saturated heterocycles. The summed E-state index contributed by atoms with van der Waals surface area (Å²) in [5.74, 6) is -2.33. The largest absolute Gasteiger partial charge is 0.481 e. The fraction of sp³-hybridized carbons (Fsp3) is 0.692. The lowest BCUT2D eigenvalue weighted by Gasteiger charge is -2.38.